The van der Waals surface area contributed by atoms with E-state index in [9.17, 15) is 18.4 Å². The Balaban J connectivity index is 2.58. The highest BCUT2D eigenvalue weighted by atomic mass is 19.2. The van der Waals surface area contributed by atoms with Crippen molar-refractivity contribution >= 4 is 17.7 Å². The maximum atomic E-state index is 12.9. The number of carboxylic acids is 1. The molecular weight excluding hydrogens is 258 g/mol. The summed E-state index contributed by atoms with van der Waals surface area (Å²) in [6, 6.07) is 1.74. The lowest BCUT2D eigenvalue weighted by Gasteiger charge is -2.15. The predicted molar refractivity (Wildman–Crippen MR) is 64.8 cm³/mol. The zero-order valence-electron chi connectivity index (χ0n) is 10.2. The average molecular weight is 272 g/mol. The van der Waals surface area contributed by atoms with Gasteiger partial charge in [0.05, 0.1) is 6.42 Å². The second-order valence-electron chi connectivity index (χ2n) is 3.93. The first-order valence-electron chi connectivity index (χ1n) is 5.66. The molecule has 0 radical (unpaired) electrons. The van der Waals surface area contributed by atoms with E-state index in [0.717, 1.165) is 12.1 Å². The Bertz CT molecular complexity index is 480. The van der Waals surface area contributed by atoms with Gasteiger partial charge < -0.3 is 15.7 Å². The number of carbonyl (C=O) groups is 2. The van der Waals surface area contributed by atoms with E-state index < -0.39 is 29.7 Å². The van der Waals surface area contributed by atoms with Crippen LogP contribution in [0.4, 0.5) is 19.3 Å². The number of anilines is 1. The maximum Gasteiger partial charge on any atom is 0.319 e. The van der Waals surface area contributed by atoms with Crippen LogP contribution in [-0.2, 0) is 4.79 Å². The van der Waals surface area contributed by atoms with Crippen molar-refractivity contribution < 1.29 is 23.5 Å². The molecule has 1 rings (SSSR count). The Kier molecular flexibility index (Phi) is 5.23. The smallest absolute Gasteiger partial charge is 0.319 e. The minimum atomic E-state index is -1.07. The fraction of sp³-hybridized carbons (Fsp3) is 0.333. The van der Waals surface area contributed by atoms with Crippen molar-refractivity contribution in [1.82, 2.24) is 5.32 Å². The van der Waals surface area contributed by atoms with Crippen LogP contribution >= 0.6 is 0 Å². The quantitative estimate of drug-likeness (QED) is 0.769. The molecule has 1 aromatic rings. The Morgan fingerprint density at radius 1 is 1.32 bits per heavy atom. The van der Waals surface area contributed by atoms with Crippen molar-refractivity contribution in [3.63, 3.8) is 0 Å². The molecule has 0 heterocycles. The lowest BCUT2D eigenvalue weighted by Crippen LogP contribution is -2.38. The highest BCUT2D eigenvalue weighted by molar-refractivity contribution is 5.89. The molecule has 104 valence electrons. The first kappa shape index (κ1) is 14.9. The van der Waals surface area contributed by atoms with Crippen LogP contribution in [-0.4, -0.2) is 23.1 Å². The number of carbonyl (C=O) groups excluding carboxylic acids is 1. The van der Waals surface area contributed by atoms with Gasteiger partial charge in [-0.15, -0.1) is 0 Å². The molecule has 0 aliphatic heterocycles. The first-order valence-corrected chi connectivity index (χ1v) is 5.66. The van der Waals surface area contributed by atoms with E-state index in [1.54, 1.807) is 6.92 Å². The number of hydrogen-bond donors (Lipinski definition) is 3. The molecule has 1 atom stereocenters. The van der Waals surface area contributed by atoms with Gasteiger partial charge in [0.1, 0.15) is 0 Å². The third-order valence-corrected chi connectivity index (χ3v) is 2.43. The minimum Gasteiger partial charge on any atom is -0.481 e. The molecule has 0 aliphatic rings. The van der Waals surface area contributed by atoms with Crippen molar-refractivity contribution in [2.45, 2.75) is 25.8 Å². The summed E-state index contributed by atoms with van der Waals surface area (Å²) in [5, 5.41) is 13.4. The Morgan fingerprint density at radius 2 is 2.00 bits per heavy atom. The normalized spacial score (nSPS) is 11.7. The summed E-state index contributed by atoms with van der Waals surface area (Å²) in [5.74, 6) is -3.11. The molecule has 0 aliphatic carbocycles. The summed E-state index contributed by atoms with van der Waals surface area (Å²) >= 11 is 0. The van der Waals surface area contributed by atoms with Gasteiger partial charge in [-0.2, -0.15) is 0 Å². The number of halogens is 2. The summed E-state index contributed by atoms with van der Waals surface area (Å²) in [4.78, 5) is 22.1. The lowest BCUT2D eigenvalue weighted by atomic mass is 10.1. The van der Waals surface area contributed by atoms with Crippen LogP contribution in [0.3, 0.4) is 0 Å². The summed E-state index contributed by atoms with van der Waals surface area (Å²) in [7, 11) is 0. The maximum absolute atomic E-state index is 12.9. The summed E-state index contributed by atoms with van der Waals surface area (Å²) in [6.07, 6.45) is 0.235. The molecule has 0 fully saturated rings. The Hall–Kier alpha value is -2.18. The SMILES string of the molecule is CCC(CC(=O)O)NC(=O)Nc1ccc(F)c(F)c1. The number of urea groups is 1. The van der Waals surface area contributed by atoms with Crippen LogP contribution in [0.15, 0.2) is 18.2 Å². The molecule has 1 aromatic carbocycles. The molecule has 1 unspecified atom stereocenters. The number of nitrogens with one attached hydrogen (secondary N) is 2. The molecule has 0 saturated heterocycles. The van der Waals surface area contributed by atoms with E-state index in [-0.39, 0.29) is 12.1 Å². The minimum absolute atomic E-state index is 0.0848. The van der Waals surface area contributed by atoms with Crippen molar-refractivity contribution in [2.75, 3.05) is 5.32 Å². The molecule has 0 bridgehead atoms. The van der Waals surface area contributed by atoms with Gasteiger partial charge in [-0.3, -0.25) is 4.79 Å². The summed E-state index contributed by atoms with van der Waals surface area (Å²) < 4.78 is 25.6. The number of benzene rings is 1. The standard InChI is InChI=1S/C12H14F2N2O3/c1-2-7(6-11(17)18)15-12(19)16-8-3-4-9(13)10(14)5-8/h3-5,7H,2,6H2,1H3,(H,17,18)(H2,15,16,19). The molecule has 0 spiro atoms. The topological polar surface area (TPSA) is 78.4 Å². The molecule has 3 N–H and O–H groups in total. The van der Waals surface area contributed by atoms with Gasteiger partial charge in [-0.1, -0.05) is 6.92 Å². The van der Waals surface area contributed by atoms with Crippen LogP contribution in [0.25, 0.3) is 0 Å². The van der Waals surface area contributed by atoms with Gasteiger partial charge in [-0.25, -0.2) is 13.6 Å². The molecule has 0 saturated carbocycles. The van der Waals surface area contributed by atoms with Gasteiger partial charge in [0.15, 0.2) is 11.6 Å². The Labute approximate surface area is 108 Å². The zero-order valence-corrected chi connectivity index (χ0v) is 10.2. The van der Waals surface area contributed by atoms with Gasteiger partial charge >= 0.3 is 12.0 Å². The lowest BCUT2D eigenvalue weighted by molar-refractivity contribution is -0.137. The van der Waals surface area contributed by atoms with E-state index in [1.165, 1.54) is 6.07 Å². The highest BCUT2D eigenvalue weighted by Gasteiger charge is 2.14. The van der Waals surface area contributed by atoms with E-state index in [0.29, 0.717) is 6.42 Å². The van der Waals surface area contributed by atoms with E-state index in [2.05, 4.69) is 10.6 Å². The van der Waals surface area contributed by atoms with E-state index in [1.807, 2.05) is 0 Å². The third-order valence-electron chi connectivity index (χ3n) is 2.43. The Morgan fingerprint density at radius 3 is 2.53 bits per heavy atom. The molecule has 7 heteroatoms. The van der Waals surface area contributed by atoms with Crippen LogP contribution in [0.2, 0.25) is 0 Å². The second-order valence-corrected chi connectivity index (χ2v) is 3.93. The van der Waals surface area contributed by atoms with Crippen LogP contribution < -0.4 is 10.6 Å². The largest absolute Gasteiger partial charge is 0.481 e. The van der Waals surface area contributed by atoms with Crippen molar-refractivity contribution in [2.24, 2.45) is 0 Å². The second kappa shape index (κ2) is 6.67. The van der Waals surface area contributed by atoms with Crippen LogP contribution in [0.1, 0.15) is 19.8 Å². The molecular formula is C12H14F2N2O3. The molecule has 5 nitrogen and oxygen atoms in total. The molecule has 2 amide bonds. The van der Waals surface area contributed by atoms with Gasteiger partial charge in [0.25, 0.3) is 0 Å². The number of hydrogen-bond acceptors (Lipinski definition) is 2. The molecule has 0 aromatic heterocycles. The van der Waals surface area contributed by atoms with Gasteiger partial charge in [0.2, 0.25) is 0 Å². The number of amides is 2. The van der Waals surface area contributed by atoms with Crippen molar-refractivity contribution in [1.29, 1.82) is 0 Å². The van der Waals surface area contributed by atoms with Crippen LogP contribution in [0, 0.1) is 11.6 Å². The number of rotatable bonds is 5. The van der Waals surface area contributed by atoms with Crippen molar-refractivity contribution in [3.8, 4) is 0 Å². The van der Waals surface area contributed by atoms with Crippen molar-refractivity contribution in [3.05, 3.63) is 29.8 Å². The zero-order chi connectivity index (χ0) is 14.4. The van der Waals surface area contributed by atoms with Gasteiger partial charge in [0, 0.05) is 17.8 Å². The van der Waals surface area contributed by atoms with E-state index >= 15 is 0 Å². The summed E-state index contributed by atoms with van der Waals surface area (Å²) in [6.45, 7) is 1.73. The summed E-state index contributed by atoms with van der Waals surface area (Å²) in [5.41, 5.74) is 0.0848. The van der Waals surface area contributed by atoms with Gasteiger partial charge in [-0.05, 0) is 18.6 Å². The first-order chi connectivity index (χ1) is 8.92. The predicted octanol–water partition coefficient (Wildman–Crippen LogP) is 2.34. The van der Waals surface area contributed by atoms with E-state index in [4.69, 9.17) is 5.11 Å². The fourth-order valence-corrected chi connectivity index (χ4v) is 1.43. The third kappa shape index (κ3) is 4.90. The number of carboxylic acid groups (broad SMARTS) is 1. The van der Waals surface area contributed by atoms with Crippen LogP contribution in [0.5, 0.6) is 0 Å². The number of aliphatic carboxylic acids is 1. The fourth-order valence-electron chi connectivity index (χ4n) is 1.43. The highest BCUT2D eigenvalue weighted by Crippen LogP contribution is 2.13. The molecule has 19 heavy (non-hydrogen) atoms. The monoisotopic (exact) mass is 272 g/mol. The average Bonchev–Trinajstić information content (AvgIpc) is 2.32.